The molecule has 1 N–H and O–H groups in total. The lowest BCUT2D eigenvalue weighted by Crippen LogP contribution is -2.39. The number of hydrogen-bond donors (Lipinski definition) is 1. The van der Waals surface area contributed by atoms with Crippen LogP contribution in [0, 0.1) is 11.8 Å². The van der Waals surface area contributed by atoms with Gasteiger partial charge in [0.1, 0.15) is 0 Å². The normalized spacial score (nSPS) is 19.9. The molecule has 1 aliphatic rings. The van der Waals surface area contributed by atoms with Crippen LogP contribution in [0.4, 0.5) is 0 Å². The molecule has 4 nitrogen and oxygen atoms in total. The molecule has 1 unspecified atom stereocenters. The van der Waals surface area contributed by atoms with E-state index in [0.29, 0.717) is 29.8 Å². The van der Waals surface area contributed by atoms with Gasteiger partial charge in [-0.25, -0.2) is 8.42 Å². The highest BCUT2D eigenvalue weighted by atomic mass is 32.2. The van der Waals surface area contributed by atoms with E-state index < -0.39 is 16.1 Å². The van der Waals surface area contributed by atoms with Crippen LogP contribution in [0.3, 0.4) is 0 Å². The second-order valence-corrected chi connectivity index (χ2v) is 8.17. The summed E-state index contributed by atoms with van der Waals surface area (Å²) >= 11 is 0. The average molecular weight is 311 g/mol. The van der Waals surface area contributed by atoms with Gasteiger partial charge in [-0.1, -0.05) is 26.0 Å². The van der Waals surface area contributed by atoms with E-state index in [9.17, 15) is 13.5 Å². The van der Waals surface area contributed by atoms with E-state index in [2.05, 4.69) is 13.8 Å². The third-order valence-corrected chi connectivity index (χ3v) is 6.35. The van der Waals surface area contributed by atoms with Gasteiger partial charge < -0.3 is 5.11 Å². The maximum Gasteiger partial charge on any atom is 0.243 e. The molecule has 1 aromatic carbocycles. The number of aliphatic hydroxyl groups excluding tert-OH is 1. The summed E-state index contributed by atoms with van der Waals surface area (Å²) in [5.41, 5.74) is 0.729. The van der Waals surface area contributed by atoms with Gasteiger partial charge in [-0.3, -0.25) is 0 Å². The molecule has 0 radical (unpaired) electrons. The molecule has 1 aliphatic heterocycles. The Hall–Kier alpha value is -0.910. The van der Waals surface area contributed by atoms with Crippen LogP contribution in [0.1, 0.15) is 45.3 Å². The standard InChI is InChI=1S/C16H25NO3S/c1-12(2)14-8-10-17(11-9-14)21(19,20)16-6-4-15(5-7-16)13(3)18/h4-7,12-14,18H,8-11H2,1-3H3. The molecule has 0 aliphatic carbocycles. The van der Waals surface area contributed by atoms with E-state index in [1.165, 1.54) is 0 Å². The molecular formula is C16H25NO3S. The molecule has 1 aromatic rings. The van der Waals surface area contributed by atoms with Gasteiger partial charge in [0.05, 0.1) is 11.0 Å². The molecule has 1 fully saturated rings. The number of hydrogen-bond acceptors (Lipinski definition) is 3. The summed E-state index contributed by atoms with van der Waals surface area (Å²) in [5.74, 6) is 1.23. The fourth-order valence-electron chi connectivity index (χ4n) is 2.85. The summed E-state index contributed by atoms with van der Waals surface area (Å²) in [6.45, 7) is 7.26. The summed E-state index contributed by atoms with van der Waals surface area (Å²) in [6.07, 6.45) is 1.29. The lowest BCUT2D eigenvalue weighted by molar-refractivity contribution is 0.199. The second-order valence-electron chi connectivity index (χ2n) is 6.23. The van der Waals surface area contributed by atoms with Crippen LogP contribution in [0.2, 0.25) is 0 Å². The summed E-state index contributed by atoms with van der Waals surface area (Å²) in [7, 11) is -3.40. The average Bonchev–Trinajstić information content (AvgIpc) is 2.47. The highest BCUT2D eigenvalue weighted by Gasteiger charge is 2.30. The predicted octanol–water partition coefficient (Wildman–Crippen LogP) is 2.80. The van der Waals surface area contributed by atoms with Crippen molar-refractivity contribution in [3.63, 3.8) is 0 Å². The van der Waals surface area contributed by atoms with Crippen molar-refractivity contribution < 1.29 is 13.5 Å². The topological polar surface area (TPSA) is 57.6 Å². The Bertz CT molecular complexity index is 556. The Morgan fingerprint density at radius 3 is 2.05 bits per heavy atom. The highest BCUT2D eigenvalue weighted by molar-refractivity contribution is 7.89. The quantitative estimate of drug-likeness (QED) is 0.930. The van der Waals surface area contributed by atoms with Crippen molar-refractivity contribution in [3.05, 3.63) is 29.8 Å². The first-order valence-corrected chi connectivity index (χ1v) is 9.04. The third kappa shape index (κ3) is 3.65. The van der Waals surface area contributed by atoms with Crippen LogP contribution in [0.25, 0.3) is 0 Å². The molecule has 0 spiro atoms. The van der Waals surface area contributed by atoms with Crippen LogP contribution < -0.4 is 0 Å². The molecule has 0 aromatic heterocycles. The first-order chi connectivity index (χ1) is 9.82. The van der Waals surface area contributed by atoms with Crippen LogP contribution >= 0.6 is 0 Å². The van der Waals surface area contributed by atoms with E-state index in [1.807, 2.05) is 0 Å². The Labute approximate surface area is 127 Å². The van der Waals surface area contributed by atoms with Crippen LogP contribution in [0.5, 0.6) is 0 Å². The zero-order chi connectivity index (χ0) is 15.6. The van der Waals surface area contributed by atoms with Crippen LogP contribution in [0.15, 0.2) is 29.2 Å². The summed E-state index contributed by atoms with van der Waals surface area (Å²) in [6, 6.07) is 6.54. The molecule has 118 valence electrons. The van der Waals surface area contributed by atoms with Crippen LogP contribution in [-0.4, -0.2) is 30.9 Å². The number of sulfonamides is 1. The van der Waals surface area contributed by atoms with Crippen molar-refractivity contribution in [1.82, 2.24) is 4.31 Å². The minimum absolute atomic E-state index is 0.315. The first kappa shape index (κ1) is 16.5. The molecule has 2 rings (SSSR count). The zero-order valence-electron chi connectivity index (χ0n) is 13.0. The van der Waals surface area contributed by atoms with E-state index >= 15 is 0 Å². The highest BCUT2D eigenvalue weighted by Crippen LogP contribution is 2.28. The molecule has 0 amide bonds. The second kappa shape index (κ2) is 6.46. The van der Waals surface area contributed by atoms with Gasteiger partial charge in [0.25, 0.3) is 0 Å². The van der Waals surface area contributed by atoms with Gasteiger partial charge in [-0.15, -0.1) is 0 Å². The fraction of sp³-hybridized carbons (Fsp3) is 0.625. The molecule has 0 saturated carbocycles. The zero-order valence-corrected chi connectivity index (χ0v) is 13.8. The predicted molar refractivity (Wildman–Crippen MR) is 83.4 cm³/mol. The number of aliphatic hydroxyl groups is 1. The van der Waals surface area contributed by atoms with Gasteiger partial charge in [-0.2, -0.15) is 4.31 Å². The number of nitrogens with zero attached hydrogens (tertiary/aromatic N) is 1. The molecule has 5 heteroatoms. The molecule has 21 heavy (non-hydrogen) atoms. The van der Waals surface area contributed by atoms with Crippen molar-refractivity contribution in [2.24, 2.45) is 11.8 Å². The summed E-state index contributed by atoms with van der Waals surface area (Å²) in [4.78, 5) is 0.315. The Morgan fingerprint density at radius 1 is 1.10 bits per heavy atom. The van der Waals surface area contributed by atoms with Gasteiger partial charge in [-0.05, 0) is 49.3 Å². The van der Waals surface area contributed by atoms with Crippen molar-refractivity contribution in [2.75, 3.05) is 13.1 Å². The monoisotopic (exact) mass is 311 g/mol. The lowest BCUT2D eigenvalue weighted by Gasteiger charge is -2.33. The molecular weight excluding hydrogens is 286 g/mol. The van der Waals surface area contributed by atoms with Gasteiger partial charge in [0.2, 0.25) is 10.0 Å². The SMILES string of the molecule is CC(O)c1ccc(S(=O)(=O)N2CCC(C(C)C)CC2)cc1. The number of rotatable bonds is 4. The third-order valence-electron chi connectivity index (χ3n) is 4.44. The van der Waals surface area contributed by atoms with E-state index in [1.54, 1.807) is 35.5 Å². The Morgan fingerprint density at radius 2 is 1.62 bits per heavy atom. The van der Waals surface area contributed by atoms with Crippen molar-refractivity contribution in [3.8, 4) is 0 Å². The Balaban J connectivity index is 2.12. The maximum atomic E-state index is 12.6. The van der Waals surface area contributed by atoms with Crippen molar-refractivity contribution in [1.29, 1.82) is 0 Å². The molecule has 1 atom stereocenters. The maximum absolute atomic E-state index is 12.6. The van der Waals surface area contributed by atoms with Gasteiger partial charge >= 0.3 is 0 Å². The van der Waals surface area contributed by atoms with Crippen LogP contribution in [-0.2, 0) is 10.0 Å². The molecule has 1 heterocycles. The summed E-state index contributed by atoms with van der Waals surface area (Å²) in [5, 5.41) is 9.49. The van der Waals surface area contributed by atoms with Crippen molar-refractivity contribution in [2.45, 2.75) is 44.6 Å². The van der Waals surface area contributed by atoms with E-state index in [0.717, 1.165) is 18.4 Å². The minimum Gasteiger partial charge on any atom is -0.389 e. The smallest absolute Gasteiger partial charge is 0.243 e. The number of piperidine rings is 1. The molecule has 1 saturated heterocycles. The minimum atomic E-state index is -3.40. The first-order valence-electron chi connectivity index (χ1n) is 7.60. The molecule has 0 bridgehead atoms. The van der Waals surface area contributed by atoms with Gasteiger partial charge in [0, 0.05) is 13.1 Å². The largest absolute Gasteiger partial charge is 0.389 e. The summed E-state index contributed by atoms with van der Waals surface area (Å²) < 4.78 is 26.8. The fourth-order valence-corrected chi connectivity index (χ4v) is 4.32. The van der Waals surface area contributed by atoms with E-state index in [4.69, 9.17) is 0 Å². The number of benzene rings is 1. The van der Waals surface area contributed by atoms with Gasteiger partial charge in [0.15, 0.2) is 0 Å². The lowest BCUT2D eigenvalue weighted by atomic mass is 9.87. The Kier molecular flexibility index (Phi) is 5.07. The van der Waals surface area contributed by atoms with E-state index in [-0.39, 0.29) is 0 Å². The van der Waals surface area contributed by atoms with Crippen molar-refractivity contribution >= 4 is 10.0 Å².